The molecule has 0 saturated heterocycles. The third-order valence-corrected chi connectivity index (χ3v) is 4.10. The third kappa shape index (κ3) is 5.15. The molecule has 0 aromatic heterocycles. The van der Waals surface area contributed by atoms with E-state index < -0.39 is 29.5 Å². The Kier molecular flexibility index (Phi) is 6.22. The van der Waals surface area contributed by atoms with Gasteiger partial charge < -0.3 is 15.2 Å². The van der Waals surface area contributed by atoms with E-state index in [1.807, 2.05) is 0 Å². The minimum atomic E-state index is -4.17. The largest absolute Gasteiger partial charge is 0.479 e. The lowest BCUT2D eigenvalue weighted by Crippen LogP contribution is -2.55. The van der Waals surface area contributed by atoms with Gasteiger partial charge in [-0.15, -0.1) is 0 Å². The number of hydrogen-bond donors (Lipinski definition) is 2. The Labute approximate surface area is 127 Å². The number of ether oxygens (including phenoxy) is 1. The van der Waals surface area contributed by atoms with Gasteiger partial charge in [0, 0.05) is 13.5 Å². The summed E-state index contributed by atoms with van der Waals surface area (Å²) in [5.41, 5.74) is -1.53. The van der Waals surface area contributed by atoms with Crippen LogP contribution in [0.4, 0.5) is 13.2 Å². The number of carbonyl (C=O) groups excluding carboxylic acids is 1. The molecule has 0 aliphatic heterocycles. The molecule has 22 heavy (non-hydrogen) atoms. The summed E-state index contributed by atoms with van der Waals surface area (Å²) in [7, 11) is 1.33. The van der Waals surface area contributed by atoms with Gasteiger partial charge in [-0.05, 0) is 38.5 Å². The molecule has 0 radical (unpaired) electrons. The molecule has 1 amide bonds. The van der Waals surface area contributed by atoms with Crippen molar-refractivity contribution in [2.75, 3.05) is 13.7 Å². The van der Waals surface area contributed by atoms with Crippen LogP contribution in [0.5, 0.6) is 0 Å². The maximum Gasteiger partial charge on any atom is 0.391 e. The van der Waals surface area contributed by atoms with Gasteiger partial charge in [-0.25, -0.2) is 4.79 Å². The van der Waals surface area contributed by atoms with Crippen molar-refractivity contribution < 1.29 is 32.6 Å². The highest BCUT2D eigenvalue weighted by atomic mass is 19.4. The molecule has 5 nitrogen and oxygen atoms in total. The number of carboxylic acids is 1. The van der Waals surface area contributed by atoms with Crippen LogP contribution < -0.4 is 5.32 Å². The smallest absolute Gasteiger partial charge is 0.391 e. The Hall–Kier alpha value is -1.31. The fourth-order valence-electron chi connectivity index (χ4n) is 2.75. The predicted molar refractivity (Wildman–Crippen MR) is 72.2 cm³/mol. The number of rotatable bonds is 6. The van der Waals surface area contributed by atoms with Gasteiger partial charge in [-0.3, -0.25) is 4.79 Å². The molecule has 8 heteroatoms. The minimum absolute atomic E-state index is 0.0235. The molecule has 1 fully saturated rings. The van der Waals surface area contributed by atoms with Crippen LogP contribution in [-0.4, -0.2) is 42.4 Å². The van der Waals surface area contributed by atoms with Crippen molar-refractivity contribution in [3.05, 3.63) is 0 Å². The van der Waals surface area contributed by atoms with Gasteiger partial charge in [0.15, 0.2) is 5.54 Å². The molecule has 2 N–H and O–H groups in total. The van der Waals surface area contributed by atoms with Crippen LogP contribution in [0.25, 0.3) is 0 Å². The Morgan fingerprint density at radius 3 is 2.18 bits per heavy atom. The second-order valence-electron chi connectivity index (χ2n) is 6.08. The van der Waals surface area contributed by atoms with Gasteiger partial charge >= 0.3 is 12.1 Å². The number of aliphatic carboxylic acids is 1. The standard InChI is InChI=1S/C14H22F3NO4/c1-13(8-22-2,12(20)21)18-11(19)7-9-3-5-10(6-4-9)14(15,16)17/h9-10H,3-8H2,1-2H3,(H,18,19)(H,20,21). The lowest BCUT2D eigenvalue weighted by molar-refractivity contribution is -0.184. The number of alkyl halides is 3. The van der Waals surface area contributed by atoms with Gasteiger partial charge in [-0.2, -0.15) is 13.2 Å². The first-order valence-corrected chi connectivity index (χ1v) is 7.18. The fraction of sp³-hybridized carbons (Fsp3) is 0.857. The van der Waals surface area contributed by atoms with Gasteiger partial charge in [0.05, 0.1) is 12.5 Å². The van der Waals surface area contributed by atoms with E-state index in [0.29, 0.717) is 12.8 Å². The fourth-order valence-corrected chi connectivity index (χ4v) is 2.75. The Bertz CT molecular complexity index is 405. The first-order chi connectivity index (χ1) is 10.1. The SMILES string of the molecule is COCC(C)(NC(=O)CC1CCC(C(F)(F)F)CC1)C(=O)O. The average Bonchev–Trinajstić information content (AvgIpc) is 2.38. The van der Waals surface area contributed by atoms with Crippen LogP contribution in [0.2, 0.25) is 0 Å². The quantitative estimate of drug-likeness (QED) is 0.786. The molecule has 0 heterocycles. The van der Waals surface area contributed by atoms with Crippen molar-refractivity contribution in [3.63, 3.8) is 0 Å². The van der Waals surface area contributed by atoms with Crippen LogP contribution in [0.15, 0.2) is 0 Å². The minimum Gasteiger partial charge on any atom is -0.479 e. The zero-order chi connectivity index (χ0) is 17.0. The highest BCUT2D eigenvalue weighted by Gasteiger charge is 2.42. The molecule has 0 spiro atoms. The van der Waals surface area contributed by atoms with E-state index in [4.69, 9.17) is 9.84 Å². The molecular formula is C14H22F3NO4. The topological polar surface area (TPSA) is 75.6 Å². The summed E-state index contributed by atoms with van der Waals surface area (Å²) in [6.07, 6.45) is -3.44. The van der Waals surface area contributed by atoms with E-state index in [-0.39, 0.29) is 31.8 Å². The van der Waals surface area contributed by atoms with Gasteiger partial charge in [0.2, 0.25) is 5.91 Å². The van der Waals surface area contributed by atoms with Crippen molar-refractivity contribution in [1.29, 1.82) is 0 Å². The third-order valence-electron chi connectivity index (χ3n) is 4.10. The molecular weight excluding hydrogens is 303 g/mol. The van der Waals surface area contributed by atoms with Crippen molar-refractivity contribution >= 4 is 11.9 Å². The van der Waals surface area contributed by atoms with E-state index in [0.717, 1.165) is 0 Å². The van der Waals surface area contributed by atoms with E-state index in [2.05, 4.69) is 5.32 Å². The number of hydrogen-bond acceptors (Lipinski definition) is 3. The molecule has 1 rings (SSSR count). The summed E-state index contributed by atoms with van der Waals surface area (Å²) in [4.78, 5) is 23.1. The number of nitrogens with one attached hydrogen (secondary N) is 1. The van der Waals surface area contributed by atoms with Gasteiger partial charge in [0.1, 0.15) is 0 Å². The van der Waals surface area contributed by atoms with Crippen LogP contribution in [0, 0.1) is 11.8 Å². The number of carboxylic acid groups (broad SMARTS) is 1. The Morgan fingerprint density at radius 1 is 1.23 bits per heavy atom. The highest BCUT2D eigenvalue weighted by molar-refractivity contribution is 5.86. The molecule has 0 bridgehead atoms. The van der Waals surface area contributed by atoms with E-state index in [1.54, 1.807) is 0 Å². The van der Waals surface area contributed by atoms with Crippen LogP contribution >= 0.6 is 0 Å². The number of carbonyl (C=O) groups is 2. The summed E-state index contributed by atoms with van der Waals surface area (Å²) >= 11 is 0. The molecule has 1 unspecified atom stereocenters. The van der Waals surface area contributed by atoms with Crippen molar-refractivity contribution in [2.45, 2.75) is 50.7 Å². The Morgan fingerprint density at radius 2 is 1.77 bits per heavy atom. The molecule has 0 aromatic carbocycles. The lowest BCUT2D eigenvalue weighted by atomic mass is 9.80. The lowest BCUT2D eigenvalue weighted by Gasteiger charge is -2.31. The zero-order valence-corrected chi connectivity index (χ0v) is 12.7. The molecule has 128 valence electrons. The molecule has 1 aliphatic rings. The summed E-state index contributed by atoms with van der Waals surface area (Å²) in [5.74, 6) is -3.12. The van der Waals surface area contributed by atoms with Crippen LogP contribution in [0.3, 0.4) is 0 Å². The van der Waals surface area contributed by atoms with E-state index >= 15 is 0 Å². The summed E-state index contributed by atoms with van der Waals surface area (Å²) in [6.45, 7) is 1.15. The summed E-state index contributed by atoms with van der Waals surface area (Å²) in [6, 6.07) is 0. The second-order valence-corrected chi connectivity index (χ2v) is 6.08. The highest BCUT2D eigenvalue weighted by Crippen LogP contribution is 2.40. The predicted octanol–water partition coefficient (Wildman–Crippen LogP) is 2.35. The van der Waals surface area contributed by atoms with Crippen molar-refractivity contribution in [3.8, 4) is 0 Å². The van der Waals surface area contributed by atoms with Crippen molar-refractivity contribution in [2.24, 2.45) is 11.8 Å². The first-order valence-electron chi connectivity index (χ1n) is 7.18. The molecule has 0 aromatic rings. The van der Waals surface area contributed by atoms with Crippen molar-refractivity contribution in [1.82, 2.24) is 5.32 Å². The molecule has 1 aliphatic carbocycles. The molecule has 1 saturated carbocycles. The van der Waals surface area contributed by atoms with E-state index in [9.17, 15) is 22.8 Å². The zero-order valence-electron chi connectivity index (χ0n) is 12.7. The van der Waals surface area contributed by atoms with Gasteiger partial charge in [-0.1, -0.05) is 0 Å². The number of halogens is 3. The summed E-state index contributed by atoms with van der Waals surface area (Å²) in [5, 5.41) is 11.5. The Balaban J connectivity index is 2.48. The van der Waals surface area contributed by atoms with Crippen LogP contribution in [0.1, 0.15) is 39.0 Å². The number of methoxy groups -OCH3 is 1. The maximum atomic E-state index is 12.6. The molecule has 1 atom stereocenters. The normalized spacial score (nSPS) is 25.3. The van der Waals surface area contributed by atoms with E-state index in [1.165, 1.54) is 14.0 Å². The first kappa shape index (κ1) is 18.7. The number of amides is 1. The monoisotopic (exact) mass is 325 g/mol. The second kappa shape index (κ2) is 7.30. The average molecular weight is 325 g/mol. The summed E-state index contributed by atoms with van der Waals surface area (Å²) < 4.78 is 42.5. The van der Waals surface area contributed by atoms with Crippen LogP contribution in [-0.2, 0) is 14.3 Å². The maximum absolute atomic E-state index is 12.6. The van der Waals surface area contributed by atoms with Gasteiger partial charge in [0.25, 0.3) is 0 Å².